The van der Waals surface area contributed by atoms with Crippen LogP contribution in [0.15, 0.2) is 24.3 Å². The molecule has 0 aliphatic rings. The molecule has 0 heterocycles. The summed E-state index contributed by atoms with van der Waals surface area (Å²) in [5.74, 6) is 0.927. The molecule has 0 saturated carbocycles. The van der Waals surface area contributed by atoms with Crippen molar-refractivity contribution in [3.8, 4) is 0 Å². The first-order valence-corrected chi connectivity index (χ1v) is 6.11. The number of hydrogen-bond donors (Lipinski definition) is 1. The molecule has 0 bridgehead atoms. The van der Waals surface area contributed by atoms with Gasteiger partial charge in [0.15, 0.2) is 0 Å². The molecule has 1 atom stereocenters. The van der Waals surface area contributed by atoms with Gasteiger partial charge in [0.2, 0.25) is 0 Å². The van der Waals surface area contributed by atoms with Gasteiger partial charge >= 0.3 is 0 Å². The van der Waals surface area contributed by atoms with Gasteiger partial charge in [-0.15, -0.1) is 0 Å². The summed E-state index contributed by atoms with van der Waals surface area (Å²) in [4.78, 5) is 0. The zero-order chi connectivity index (χ0) is 10.4. The molecule has 0 aliphatic heterocycles. The first-order chi connectivity index (χ1) is 6.74. The van der Waals surface area contributed by atoms with Crippen LogP contribution in [0.1, 0.15) is 18.5 Å². The van der Waals surface area contributed by atoms with E-state index in [0.29, 0.717) is 6.04 Å². The lowest BCUT2D eigenvalue weighted by Gasteiger charge is -2.13. The smallest absolute Gasteiger partial charge is 0.123 e. The second-order valence-electron chi connectivity index (χ2n) is 3.22. The number of rotatable bonds is 5. The fraction of sp³-hybridized carbons (Fsp3) is 0.455. The van der Waals surface area contributed by atoms with Gasteiger partial charge in [0.25, 0.3) is 0 Å². The summed E-state index contributed by atoms with van der Waals surface area (Å²) in [6.07, 6.45) is 2.09. The molecular weight excluding hydrogens is 197 g/mol. The molecule has 14 heavy (non-hydrogen) atoms. The maximum absolute atomic E-state index is 12.6. The Bertz CT molecular complexity index is 260. The van der Waals surface area contributed by atoms with E-state index < -0.39 is 0 Å². The molecule has 3 heteroatoms. The average Bonchev–Trinajstić information content (AvgIpc) is 2.19. The van der Waals surface area contributed by atoms with Crippen molar-refractivity contribution >= 4 is 11.8 Å². The Morgan fingerprint density at radius 3 is 2.57 bits per heavy atom. The number of nitrogens with one attached hydrogen (secondary N) is 1. The Morgan fingerprint density at radius 2 is 2.00 bits per heavy atom. The van der Waals surface area contributed by atoms with Gasteiger partial charge in [0.1, 0.15) is 5.82 Å². The predicted molar refractivity (Wildman–Crippen MR) is 61.2 cm³/mol. The molecule has 1 N–H and O–H groups in total. The second-order valence-corrected chi connectivity index (χ2v) is 4.21. The van der Waals surface area contributed by atoms with Crippen molar-refractivity contribution in [1.82, 2.24) is 5.32 Å². The second kappa shape index (κ2) is 6.04. The van der Waals surface area contributed by atoms with Crippen molar-refractivity contribution in [3.63, 3.8) is 0 Å². The van der Waals surface area contributed by atoms with Crippen LogP contribution in [-0.2, 0) is 0 Å². The van der Waals surface area contributed by atoms with Crippen molar-refractivity contribution in [2.75, 3.05) is 18.6 Å². The maximum atomic E-state index is 12.6. The molecule has 1 aromatic rings. The third-order valence-electron chi connectivity index (χ3n) is 2.13. The van der Waals surface area contributed by atoms with Gasteiger partial charge in [-0.25, -0.2) is 4.39 Å². The summed E-state index contributed by atoms with van der Waals surface area (Å²) < 4.78 is 12.6. The first kappa shape index (κ1) is 11.5. The van der Waals surface area contributed by atoms with E-state index in [9.17, 15) is 4.39 Å². The molecule has 0 saturated heterocycles. The Balaban J connectivity index is 2.43. The highest BCUT2D eigenvalue weighted by Crippen LogP contribution is 2.12. The highest BCUT2D eigenvalue weighted by atomic mass is 32.2. The number of benzene rings is 1. The fourth-order valence-electron chi connectivity index (χ4n) is 1.25. The van der Waals surface area contributed by atoms with E-state index >= 15 is 0 Å². The largest absolute Gasteiger partial charge is 0.309 e. The SMILES string of the molecule is CSCCN[C@@H](C)c1ccc(F)cc1. The molecule has 0 unspecified atom stereocenters. The zero-order valence-electron chi connectivity index (χ0n) is 8.59. The van der Waals surface area contributed by atoms with Crippen LogP contribution in [0.4, 0.5) is 4.39 Å². The lowest BCUT2D eigenvalue weighted by atomic mass is 10.1. The van der Waals surface area contributed by atoms with Crippen LogP contribution >= 0.6 is 11.8 Å². The number of hydrogen-bond acceptors (Lipinski definition) is 2. The van der Waals surface area contributed by atoms with E-state index in [4.69, 9.17) is 0 Å². The minimum absolute atomic E-state index is 0.176. The molecule has 0 fully saturated rings. The molecule has 0 aliphatic carbocycles. The maximum Gasteiger partial charge on any atom is 0.123 e. The summed E-state index contributed by atoms with van der Waals surface area (Å²) in [7, 11) is 0. The molecule has 1 nitrogen and oxygen atoms in total. The van der Waals surface area contributed by atoms with E-state index in [2.05, 4.69) is 18.5 Å². The predicted octanol–water partition coefficient (Wildman–Crippen LogP) is 2.84. The topological polar surface area (TPSA) is 12.0 Å². The van der Waals surface area contributed by atoms with Crippen LogP contribution in [0, 0.1) is 5.82 Å². The molecule has 0 radical (unpaired) electrons. The van der Waals surface area contributed by atoms with E-state index in [1.807, 2.05) is 23.9 Å². The number of thioether (sulfide) groups is 1. The number of halogens is 1. The van der Waals surface area contributed by atoms with Crippen LogP contribution in [-0.4, -0.2) is 18.6 Å². The Kier molecular flexibility index (Phi) is 4.98. The van der Waals surface area contributed by atoms with Gasteiger partial charge in [-0.1, -0.05) is 12.1 Å². The Labute approximate surface area is 89.1 Å². The summed E-state index contributed by atoms with van der Waals surface area (Å²) in [6, 6.07) is 6.95. The minimum atomic E-state index is -0.176. The van der Waals surface area contributed by atoms with Crippen molar-refractivity contribution in [2.45, 2.75) is 13.0 Å². The van der Waals surface area contributed by atoms with Gasteiger partial charge < -0.3 is 5.32 Å². The standard InChI is InChI=1S/C11H16FNS/c1-9(13-7-8-14-2)10-3-5-11(12)6-4-10/h3-6,9,13H,7-8H2,1-2H3/t9-/m0/s1. The van der Waals surface area contributed by atoms with Crippen LogP contribution in [0.25, 0.3) is 0 Å². The van der Waals surface area contributed by atoms with Crippen LogP contribution in [0.3, 0.4) is 0 Å². The minimum Gasteiger partial charge on any atom is -0.309 e. The quantitative estimate of drug-likeness (QED) is 0.755. The summed E-state index contributed by atoms with van der Waals surface area (Å²) in [5.41, 5.74) is 1.13. The molecule has 1 rings (SSSR count). The molecule has 78 valence electrons. The van der Waals surface area contributed by atoms with Crippen LogP contribution in [0.5, 0.6) is 0 Å². The van der Waals surface area contributed by atoms with E-state index in [-0.39, 0.29) is 5.82 Å². The molecule has 0 aromatic heterocycles. The van der Waals surface area contributed by atoms with E-state index in [1.165, 1.54) is 12.1 Å². The van der Waals surface area contributed by atoms with Crippen molar-refractivity contribution < 1.29 is 4.39 Å². The highest BCUT2D eigenvalue weighted by molar-refractivity contribution is 7.98. The molecule has 1 aromatic carbocycles. The van der Waals surface area contributed by atoms with Crippen LogP contribution < -0.4 is 5.32 Å². The summed E-state index contributed by atoms with van der Waals surface area (Å²) in [5, 5.41) is 3.38. The van der Waals surface area contributed by atoms with Gasteiger partial charge in [-0.05, 0) is 30.9 Å². The van der Waals surface area contributed by atoms with Gasteiger partial charge in [0.05, 0.1) is 0 Å². The lowest BCUT2D eigenvalue weighted by Crippen LogP contribution is -2.21. The van der Waals surface area contributed by atoms with E-state index in [0.717, 1.165) is 17.9 Å². The van der Waals surface area contributed by atoms with Gasteiger partial charge in [-0.2, -0.15) is 11.8 Å². The zero-order valence-corrected chi connectivity index (χ0v) is 9.40. The Hall–Kier alpha value is -0.540. The average molecular weight is 213 g/mol. The van der Waals surface area contributed by atoms with Crippen molar-refractivity contribution in [3.05, 3.63) is 35.6 Å². The van der Waals surface area contributed by atoms with Crippen molar-refractivity contribution in [2.24, 2.45) is 0 Å². The fourth-order valence-corrected chi connectivity index (χ4v) is 1.57. The molecular formula is C11H16FNS. The van der Waals surface area contributed by atoms with Gasteiger partial charge in [-0.3, -0.25) is 0 Å². The monoisotopic (exact) mass is 213 g/mol. The Morgan fingerprint density at radius 1 is 1.36 bits per heavy atom. The summed E-state index contributed by atoms with van der Waals surface area (Å²) >= 11 is 1.82. The van der Waals surface area contributed by atoms with Crippen LogP contribution in [0.2, 0.25) is 0 Å². The first-order valence-electron chi connectivity index (χ1n) is 4.72. The lowest BCUT2D eigenvalue weighted by molar-refractivity contribution is 0.594. The molecule has 0 amide bonds. The normalized spacial score (nSPS) is 12.8. The van der Waals surface area contributed by atoms with Crippen molar-refractivity contribution in [1.29, 1.82) is 0 Å². The van der Waals surface area contributed by atoms with Gasteiger partial charge in [0, 0.05) is 18.3 Å². The molecule has 0 spiro atoms. The summed E-state index contributed by atoms with van der Waals surface area (Å²) in [6.45, 7) is 3.08. The third-order valence-corrected chi connectivity index (χ3v) is 2.74. The third kappa shape index (κ3) is 3.68. The highest BCUT2D eigenvalue weighted by Gasteiger charge is 2.03. The van der Waals surface area contributed by atoms with E-state index in [1.54, 1.807) is 0 Å².